The smallest absolute Gasteiger partial charge is 0.453 e. The van der Waals surface area contributed by atoms with Gasteiger partial charge in [0.15, 0.2) is 6.10 Å². The lowest BCUT2D eigenvalue weighted by Crippen LogP contribution is -2.30. The van der Waals surface area contributed by atoms with Crippen molar-refractivity contribution in [3.8, 4) is 5.75 Å². The molecule has 9 nitrogen and oxygen atoms in total. The molecule has 182 valence electrons. The zero-order chi connectivity index (χ0) is 25.2. The van der Waals surface area contributed by atoms with Crippen molar-refractivity contribution in [2.45, 2.75) is 52.8 Å². The summed E-state index contributed by atoms with van der Waals surface area (Å²) < 4.78 is 50.2. The highest BCUT2D eigenvalue weighted by Crippen LogP contribution is 2.27. The average molecular weight is 479 g/mol. The molecule has 0 bridgehead atoms. The Morgan fingerprint density at radius 1 is 1.18 bits per heavy atom. The fourth-order valence-corrected chi connectivity index (χ4v) is 3.38. The molecule has 34 heavy (non-hydrogen) atoms. The molecule has 3 rings (SSSR count). The molecule has 12 heteroatoms. The monoisotopic (exact) mass is 479 g/mol. The summed E-state index contributed by atoms with van der Waals surface area (Å²) in [5, 5.41) is 6.16. The summed E-state index contributed by atoms with van der Waals surface area (Å²) in [5.74, 6) is -2.18. The predicted octanol–water partition coefficient (Wildman–Crippen LogP) is 3.58. The van der Waals surface area contributed by atoms with Crippen molar-refractivity contribution in [1.82, 2.24) is 19.6 Å². The molecule has 3 aromatic rings. The number of halogens is 3. The Labute approximate surface area is 193 Å². The minimum atomic E-state index is -4.70. The second kappa shape index (κ2) is 9.65. The number of methoxy groups -OCH3 is 1. The molecule has 0 aliphatic rings. The third-order valence-electron chi connectivity index (χ3n) is 5.17. The lowest BCUT2D eigenvalue weighted by atomic mass is 10.1. The van der Waals surface area contributed by atoms with Gasteiger partial charge in [0.2, 0.25) is 0 Å². The number of carbonyl (C=O) groups is 2. The summed E-state index contributed by atoms with van der Waals surface area (Å²) >= 11 is 0. The lowest BCUT2D eigenvalue weighted by molar-refractivity contribution is -0.153. The van der Waals surface area contributed by atoms with Gasteiger partial charge in [-0.05, 0) is 57.4 Å². The van der Waals surface area contributed by atoms with Crippen molar-refractivity contribution in [3.63, 3.8) is 0 Å². The van der Waals surface area contributed by atoms with E-state index in [1.165, 1.54) is 14.0 Å². The molecular weight excluding hydrogens is 455 g/mol. The largest absolute Gasteiger partial charge is 0.495 e. The highest BCUT2D eigenvalue weighted by Gasteiger charge is 2.37. The van der Waals surface area contributed by atoms with Gasteiger partial charge in [0.1, 0.15) is 5.75 Å². The van der Waals surface area contributed by atoms with Crippen LogP contribution in [0.2, 0.25) is 0 Å². The van der Waals surface area contributed by atoms with Gasteiger partial charge in [-0.25, -0.2) is 9.50 Å². The summed E-state index contributed by atoms with van der Waals surface area (Å²) in [6, 6.07) is 5.27. The van der Waals surface area contributed by atoms with Crippen molar-refractivity contribution in [2.75, 3.05) is 12.4 Å². The van der Waals surface area contributed by atoms with E-state index in [9.17, 15) is 22.8 Å². The number of rotatable bonds is 7. The molecule has 1 atom stereocenters. The van der Waals surface area contributed by atoms with E-state index in [2.05, 4.69) is 20.4 Å². The number of alkyl halides is 3. The quantitative estimate of drug-likeness (QED) is 0.516. The first-order valence-electron chi connectivity index (χ1n) is 10.4. The second-order valence-corrected chi connectivity index (χ2v) is 7.73. The van der Waals surface area contributed by atoms with Crippen LogP contribution in [0.5, 0.6) is 5.75 Å². The Morgan fingerprint density at radius 2 is 1.88 bits per heavy atom. The molecule has 2 aromatic heterocycles. The number of carbonyl (C=O) groups excluding carboxylic acids is 2. The third-order valence-corrected chi connectivity index (χ3v) is 5.17. The molecule has 0 aliphatic heterocycles. The minimum Gasteiger partial charge on any atom is -0.495 e. The zero-order valence-electron chi connectivity index (χ0n) is 19.3. The number of benzene rings is 1. The Balaban J connectivity index is 1.65. The number of hydrogen-bond donors (Lipinski definition) is 1. The first-order chi connectivity index (χ1) is 15.9. The summed E-state index contributed by atoms with van der Waals surface area (Å²) in [7, 11) is 1.48. The van der Waals surface area contributed by atoms with Crippen LogP contribution in [-0.4, -0.2) is 44.7 Å². The molecule has 0 fully saturated rings. The van der Waals surface area contributed by atoms with Gasteiger partial charge in [-0.2, -0.15) is 18.2 Å². The molecule has 2 heterocycles. The standard InChI is InChI=1S/C22H24F3N5O4/c1-11-6-8-17(33-5)16(10-11)27-19(32)14(4)34-18(31)9-7-15-12(2)26-21-28-20(22(23,24)25)29-30(21)13(15)3/h6,8,10,14H,7,9H2,1-5H3,(H,27,32). The zero-order valence-corrected chi connectivity index (χ0v) is 19.3. The topological polar surface area (TPSA) is 108 Å². The van der Waals surface area contributed by atoms with Crippen molar-refractivity contribution < 1.29 is 32.2 Å². The van der Waals surface area contributed by atoms with E-state index >= 15 is 0 Å². The number of fused-ring (bicyclic) bond motifs is 1. The Bertz CT molecular complexity index is 1240. The maximum atomic E-state index is 12.9. The number of aromatic nitrogens is 4. The summed E-state index contributed by atoms with van der Waals surface area (Å²) in [6.07, 6.45) is -5.75. The van der Waals surface area contributed by atoms with Gasteiger partial charge in [-0.3, -0.25) is 9.59 Å². The van der Waals surface area contributed by atoms with Gasteiger partial charge in [0.05, 0.1) is 12.8 Å². The normalized spacial score (nSPS) is 12.5. The molecule has 0 aliphatic carbocycles. The molecule has 1 unspecified atom stereocenters. The van der Waals surface area contributed by atoms with E-state index in [0.717, 1.165) is 10.1 Å². The number of hydrogen-bond acceptors (Lipinski definition) is 7. The Kier molecular flexibility index (Phi) is 7.08. The van der Waals surface area contributed by atoms with Gasteiger partial charge in [-0.1, -0.05) is 6.07 Å². The van der Waals surface area contributed by atoms with Crippen molar-refractivity contribution in [1.29, 1.82) is 0 Å². The van der Waals surface area contributed by atoms with Gasteiger partial charge in [0, 0.05) is 17.8 Å². The van der Waals surface area contributed by atoms with E-state index in [0.29, 0.717) is 28.4 Å². The molecule has 0 saturated carbocycles. The van der Waals surface area contributed by atoms with Gasteiger partial charge >= 0.3 is 12.1 Å². The second-order valence-electron chi connectivity index (χ2n) is 7.73. The highest BCUT2D eigenvalue weighted by molar-refractivity contribution is 5.96. The van der Waals surface area contributed by atoms with Crippen LogP contribution < -0.4 is 10.1 Å². The molecule has 0 radical (unpaired) electrons. The maximum Gasteiger partial charge on any atom is 0.453 e. The van der Waals surface area contributed by atoms with Gasteiger partial charge in [0.25, 0.3) is 17.5 Å². The van der Waals surface area contributed by atoms with Crippen molar-refractivity contribution in [3.05, 3.63) is 46.5 Å². The van der Waals surface area contributed by atoms with Crippen LogP contribution in [0.3, 0.4) is 0 Å². The fourth-order valence-electron chi connectivity index (χ4n) is 3.38. The molecule has 0 saturated heterocycles. The van der Waals surface area contributed by atoms with E-state index in [1.54, 1.807) is 26.0 Å². The maximum absolute atomic E-state index is 12.9. The van der Waals surface area contributed by atoms with Crippen molar-refractivity contribution in [2.24, 2.45) is 0 Å². The van der Waals surface area contributed by atoms with Crippen LogP contribution in [0.25, 0.3) is 5.78 Å². The van der Waals surface area contributed by atoms with Crippen LogP contribution in [0, 0.1) is 20.8 Å². The van der Waals surface area contributed by atoms with Crippen LogP contribution in [-0.2, 0) is 26.9 Å². The summed E-state index contributed by atoms with van der Waals surface area (Å²) in [6.45, 7) is 6.48. The highest BCUT2D eigenvalue weighted by atomic mass is 19.4. The molecule has 1 amide bonds. The number of esters is 1. The number of aryl methyl sites for hydroxylation is 3. The number of nitrogens with zero attached hydrogens (tertiary/aromatic N) is 4. The molecule has 0 spiro atoms. The number of amides is 1. The lowest BCUT2D eigenvalue weighted by Gasteiger charge is -2.16. The predicted molar refractivity (Wildman–Crippen MR) is 115 cm³/mol. The third kappa shape index (κ3) is 5.43. The van der Waals surface area contributed by atoms with Crippen LogP contribution in [0.15, 0.2) is 18.2 Å². The Hall–Kier alpha value is -3.70. The van der Waals surface area contributed by atoms with E-state index < -0.39 is 30.0 Å². The number of anilines is 1. The SMILES string of the molecule is COc1ccc(C)cc1NC(=O)C(C)OC(=O)CCc1c(C)nc2nc(C(F)(F)F)nn2c1C. The van der Waals surface area contributed by atoms with Gasteiger partial charge < -0.3 is 14.8 Å². The van der Waals surface area contributed by atoms with Crippen LogP contribution in [0.4, 0.5) is 18.9 Å². The van der Waals surface area contributed by atoms with Gasteiger partial charge in [-0.15, -0.1) is 5.10 Å². The minimum absolute atomic E-state index is 0.110. The van der Waals surface area contributed by atoms with Crippen LogP contribution >= 0.6 is 0 Å². The summed E-state index contributed by atoms with van der Waals surface area (Å²) in [5.41, 5.74) is 2.72. The van der Waals surface area contributed by atoms with E-state index in [4.69, 9.17) is 9.47 Å². The van der Waals surface area contributed by atoms with E-state index in [-0.39, 0.29) is 18.6 Å². The van der Waals surface area contributed by atoms with Crippen molar-refractivity contribution >= 4 is 23.3 Å². The molecule has 1 N–H and O–H groups in total. The summed E-state index contributed by atoms with van der Waals surface area (Å²) in [4.78, 5) is 32.3. The number of ether oxygens (including phenoxy) is 2. The average Bonchev–Trinajstić information content (AvgIpc) is 3.18. The Morgan fingerprint density at radius 3 is 2.53 bits per heavy atom. The first-order valence-corrected chi connectivity index (χ1v) is 10.4. The number of nitrogens with one attached hydrogen (secondary N) is 1. The van der Waals surface area contributed by atoms with E-state index in [1.807, 2.05) is 13.0 Å². The van der Waals surface area contributed by atoms with Crippen LogP contribution in [0.1, 0.15) is 41.7 Å². The first kappa shape index (κ1) is 24.9. The fraction of sp³-hybridized carbons (Fsp3) is 0.409. The molecular formula is C22H24F3N5O4. The molecule has 1 aromatic carbocycles.